The van der Waals surface area contributed by atoms with Gasteiger partial charge in [0.1, 0.15) is 0 Å². The number of esters is 1. The van der Waals surface area contributed by atoms with Crippen LogP contribution in [0.1, 0.15) is 17.3 Å². The lowest BCUT2D eigenvalue weighted by atomic mass is 10.2. The van der Waals surface area contributed by atoms with Crippen LogP contribution in [0.5, 0.6) is 0 Å². The first-order valence-corrected chi connectivity index (χ1v) is 6.80. The number of carbonyl (C=O) groups is 1. The van der Waals surface area contributed by atoms with E-state index >= 15 is 0 Å². The summed E-state index contributed by atoms with van der Waals surface area (Å²) in [6.07, 6.45) is 1.06. The summed E-state index contributed by atoms with van der Waals surface area (Å²) in [7, 11) is -3.36. The van der Waals surface area contributed by atoms with E-state index in [2.05, 4.69) is 0 Å². The zero-order chi connectivity index (χ0) is 12.3. The highest BCUT2D eigenvalue weighted by molar-refractivity contribution is 7.90. The van der Waals surface area contributed by atoms with Crippen molar-refractivity contribution in [2.45, 2.75) is 11.8 Å². The second-order valence-corrected chi connectivity index (χ2v) is 5.56. The summed E-state index contributed by atoms with van der Waals surface area (Å²) in [5.74, 6) is -0.627. The van der Waals surface area contributed by atoms with Gasteiger partial charge in [-0.05, 0) is 25.1 Å². The van der Waals surface area contributed by atoms with Crippen LogP contribution >= 0.6 is 11.6 Å². The Kier molecular flexibility index (Phi) is 3.93. The number of halogens is 1. The van der Waals surface area contributed by atoms with Gasteiger partial charge in [-0.15, -0.1) is 0 Å². The van der Waals surface area contributed by atoms with Crippen LogP contribution in [0.2, 0.25) is 5.02 Å². The predicted molar refractivity (Wildman–Crippen MR) is 60.5 cm³/mol. The average molecular weight is 263 g/mol. The van der Waals surface area contributed by atoms with E-state index in [-0.39, 0.29) is 22.1 Å². The van der Waals surface area contributed by atoms with E-state index in [0.717, 1.165) is 6.26 Å². The normalized spacial score (nSPS) is 11.2. The number of carbonyl (C=O) groups excluding carboxylic acids is 1. The maximum absolute atomic E-state index is 11.4. The van der Waals surface area contributed by atoms with Crippen LogP contribution < -0.4 is 0 Å². The monoisotopic (exact) mass is 262 g/mol. The molecule has 0 bridgehead atoms. The zero-order valence-electron chi connectivity index (χ0n) is 8.86. The molecule has 0 saturated heterocycles. The molecule has 0 atom stereocenters. The van der Waals surface area contributed by atoms with Crippen LogP contribution in [0.4, 0.5) is 0 Å². The minimum absolute atomic E-state index is 0.0416. The van der Waals surface area contributed by atoms with Crippen LogP contribution in [0.15, 0.2) is 23.1 Å². The van der Waals surface area contributed by atoms with Crippen molar-refractivity contribution in [1.29, 1.82) is 0 Å². The Morgan fingerprint density at radius 3 is 2.56 bits per heavy atom. The van der Waals surface area contributed by atoms with Crippen molar-refractivity contribution < 1.29 is 17.9 Å². The molecular weight excluding hydrogens is 252 g/mol. The molecule has 0 radical (unpaired) electrons. The van der Waals surface area contributed by atoms with Crippen LogP contribution in [0.3, 0.4) is 0 Å². The third-order valence-corrected chi connectivity index (χ3v) is 3.30. The van der Waals surface area contributed by atoms with E-state index in [1.165, 1.54) is 18.2 Å². The van der Waals surface area contributed by atoms with E-state index in [9.17, 15) is 13.2 Å². The molecule has 0 aliphatic carbocycles. The minimum atomic E-state index is -3.36. The fraction of sp³-hybridized carbons (Fsp3) is 0.300. The van der Waals surface area contributed by atoms with E-state index in [1.54, 1.807) is 6.92 Å². The molecule has 0 aliphatic heterocycles. The summed E-state index contributed by atoms with van der Waals surface area (Å²) >= 11 is 5.78. The fourth-order valence-corrected chi connectivity index (χ4v) is 1.94. The molecule has 0 N–H and O–H groups in total. The van der Waals surface area contributed by atoms with Gasteiger partial charge in [0.25, 0.3) is 0 Å². The summed E-state index contributed by atoms with van der Waals surface area (Å²) in [4.78, 5) is 11.5. The topological polar surface area (TPSA) is 60.4 Å². The van der Waals surface area contributed by atoms with E-state index in [1.807, 2.05) is 0 Å². The molecule has 1 aromatic rings. The molecular formula is C10H11ClO4S. The van der Waals surface area contributed by atoms with Crippen LogP contribution in [-0.2, 0) is 14.6 Å². The van der Waals surface area contributed by atoms with Gasteiger partial charge in [-0.3, -0.25) is 0 Å². The van der Waals surface area contributed by atoms with Gasteiger partial charge in [0.2, 0.25) is 0 Å². The van der Waals surface area contributed by atoms with Crippen molar-refractivity contribution in [3.63, 3.8) is 0 Å². The van der Waals surface area contributed by atoms with Crippen molar-refractivity contribution in [2.24, 2.45) is 0 Å². The lowest BCUT2D eigenvalue weighted by Crippen LogP contribution is -2.07. The fourth-order valence-electron chi connectivity index (χ4n) is 1.10. The molecule has 0 aliphatic rings. The SMILES string of the molecule is CCOC(=O)c1cc(S(C)(=O)=O)ccc1Cl. The number of hydrogen-bond donors (Lipinski definition) is 0. The second kappa shape index (κ2) is 4.84. The summed E-state index contributed by atoms with van der Waals surface area (Å²) in [6, 6.07) is 3.93. The molecule has 1 rings (SSSR count). The van der Waals surface area contributed by atoms with Gasteiger partial charge in [0.05, 0.1) is 22.1 Å². The molecule has 0 aromatic heterocycles. The van der Waals surface area contributed by atoms with E-state index < -0.39 is 15.8 Å². The Morgan fingerprint density at radius 2 is 2.06 bits per heavy atom. The lowest BCUT2D eigenvalue weighted by Gasteiger charge is -2.05. The van der Waals surface area contributed by atoms with E-state index in [0.29, 0.717) is 0 Å². The van der Waals surface area contributed by atoms with Crippen LogP contribution in [0.25, 0.3) is 0 Å². The Hall–Kier alpha value is -1.07. The Morgan fingerprint density at radius 1 is 1.44 bits per heavy atom. The quantitative estimate of drug-likeness (QED) is 0.781. The third-order valence-electron chi connectivity index (χ3n) is 1.86. The molecule has 0 unspecified atom stereocenters. The van der Waals surface area contributed by atoms with Gasteiger partial charge in [-0.1, -0.05) is 11.6 Å². The largest absolute Gasteiger partial charge is 0.462 e. The first kappa shape index (κ1) is 13.0. The van der Waals surface area contributed by atoms with Gasteiger partial charge in [0, 0.05) is 6.26 Å². The maximum Gasteiger partial charge on any atom is 0.339 e. The van der Waals surface area contributed by atoms with Gasteiger partial charge in [0.15, 0.2) is 9.84 Å². The predicted octanol–water partition coefficient (Wildman–Crippen LogP) is 1.92. The molecule has 4 nitrogen and oxygen atoms in total. The average Bonchev–Trinajstić information content (AvgIpc) is 2.16. The molecule has 0 heterocycles. The highest BCUT2D eigenvalue weighted by atomic mass is 35.5. The maximum atomic E-state index is 11.4. The summed E-state index contributed by atoms with van der Waals surface area (Å²) in [5.41, 5.74) is 0.0615. The number of sulfone groups is 1. The summed E-state index contributed by atoms with van der Waals surface area (Å²) in [6.45, 7) is 1.87. The third kappa shape index (κ3) is 2.96. The smallest absolute Gasteiger partial charge is 0.339 e. The summed E-state index contributed by atoms with van der Waals surface area (Å²) in [5, 5.41) is 0.172. The van der Waals surface area contributed by atoms with Gasteiger partial charge in [-0.2, -0.15) is 0 Å². The molecule has 0 spiro atoms. The highest BCUT2D eigenvalue weighted by Gasteiger charge is 2.15. The Balaban J connectivity index is 3.24. The van der Waals surface area contributed by atoms with Crippen molar-refractivity contribution in [1.82, 2.24) is 0 Å². The van der Waals surface area contributed by atoms with Crippen LogP contribution in [0, 0.1) is 0 Å². The number of benzene rings is 1. The molecule has 16 heavy (non-hydrogen) atoms. The Labute approximate surface area is 99.1 Å². The second-order valence-electron chi connectivity index (χ2n) is 3.13. The van der Waals surface area contributed by atoms with Crippen molar-refractivity contribution in [2.75, 3.05) is 12.9 Å². The number of rotatable bonds is 3. The van der Waals surface area contributed by atoms with Crippen molar-refractivity contribution in [3.05, 3.63) is 28.8 Å². The van der Waals surface area contributed by atoms with Crippen molar-refractivity contribution in [3.8, 4) is 0 Å². The van der Waals surface area contributed by atoms with Gasteiger partial charge >= 0.3 is 5.97 Å². The molecule has 88 valence electrons. The van der Waals surface area contributed by atoms with Gasteiger partial charge < -0.3 is 4.74 Å². The number of hydrogen-bond acceptors (Lipinski definition) is 4. The summed E-state index contributed by atoms with van der Waals surface area (Å²) < 4.78 is 27.3. The standard InChI is InChI=1S/C10H11ClO4S/c1-3-15-10(12)8-6-7(16(2,13)14)4-5-9(8)11/h4-6H,3H2,1-2H3. The molecule has 0 fully saturated rings. The van der Waals surface area contributed by atoms with E-state index in [4.69, 9.17) is 16.3 Å². The molecule has 1 aromatic carbocycles. The highest BCUT2D eigenvalue weighted by Crippen LogP contribution is 2.21. The first-order valence-electron chi connectivity index (χ1n) is 4.53. The minimum Gasteiger partial charge on any atom is -0.462 e. The lowest BCUT2D eigenvalue weighted by molar-refractivity contribution is 0.0526. The van der Waals surface area contributed by atoms with Gasteiger partial charge in [-0.25, -0.2) is 13.2 Å². The Bertz CT molecular complexity index is 508. The molecule has 0 saturated carbocycles. The first-order chi connectivity index (χ1) is 7.36. The molecule has 6 heteroatoms. The van der Waals surface area contributed by atoms with Crippen LogP contribution in [-0.4, -0.2) is 27.2 Å². The number of ether oxygens (including phenoxy) is 1. The molecule has 0 amide bonds. The van der Waals surface area contributed by atoms with Crippen molar-refractivity contribution >= 4 is 27.4 Å². The zero-order valence-corrected chi connectivity index (χ0v) is 10.4.